The molecule has 1 aromatic rings. The van der Waals surface area contributed by atoms with Crippen LogP contribution in [0.5, 0.6) is 5.75 Å². The second-order valence-electron chi connectivity index (χ2n) is 9.23. The lowest BCUT2D eigenvalue weighted by Gasteiger charge is -2.23. The van der Waals surface area contributed by atoms with Crippen molar-refractivity contribution in [2.75, 3.05) is 19.8 Å². The van der Waals surface area contributed by atoms with Gasteiger partial charge in [-0.2, -0.15) is 0 Å². The normalized spacial score (nSPS) is 15.6. The minimum Gasteiger partial charge on any atom is -0.494 e. The zero-order valence-electron chi connectivity index (χ0n) is 21.0. The Bertz CT molecular complexity index is 673. The van der Waals surface area contributed by atoms with Gasteiger partial charge in [0.25, 0.3) is 5.91 Å². The number of benzene rings is 1. The second kappa shape index (κ2) is 16.6. The Labute approximate surface area is 201 Å². The number of unbranched alkanes of at least 4 members (excludes halogenated alkanes) is 10. The molecule has 5 nitrogen and oxygen atoms in total. The summed E-state index contributed by atoms with van der Waals surface area (Å²) in [7, 11) is 0. The molecule has 5 heteroatoms. The van der Waals surface area contributed by atoms with E-state index in [0.717, 1.165) is 44.3 Å². The predicted molar refractivity (Wildman–Crippen MR) is 134 cm³/mol. The van der Waals surface area contributed by atoms with Gasteiger partial charge < -0.3 is 14.4 Å². The van der Waals surface area contributed by atoms with Gasteiger partial charge in [0.05, 0.1) is 13.2 Å². The molecule has 0 aromatic heterocycles. The van der Waals surface area contributed by atoms with Crippen molar-refractivity contribution in [3.8, 4) is 5.75 Å². The quantitative estimate of drug-likeness (QED) is 0.187. The number of nitrogens with zero attached hydrogens (tertiary/aromatic N) is 1. The summed E-state index contributed by atoms with van der Waals surface area (Å²) in [5.41, 5.74) is 0.595. The van der Waals surface area contributed by atoms with Crippen LogP contribution in [0.25, 0.3) is 0 Å². The lowest BCUT2D eigenvalue weighted by molar-refractivity contribution is -0.148. The highest BCUT2D eigenvalue weighted by molar-refractivity contribution is 5.97. The van der Waals surface area contributed by atoms with Crippen molar-refractivity contribution in [3.05, 3.63) is 29.8 Å². The van der Waals surface area contributed by atoms with E-state index in [1.165, 1.54) is 44.9 Å². The van der Waals surface area contributed by atoms with Crippen LogP contribution in [0, 0.1) is 0 Å². The van der Waals surface area contributed by atoms with Gasteiger partial charge >= 0.3 is 5.97 Å². The highest BCUT2D eigenvalue weighted by Crippen LogP contribution is 2.23. The molecule has 1 amide bonds. The standard InChI is InChI=1S/C28H45NO4/c1-3-5-7-9-10-11-12-14-22-32-25-19-17-24(18-20-25)27(30)29-21-15-16-26(29)28(31)33-23-13-8-6-4-2/h17-20,26H,3-16,21-23H2,1-2H3/t26-/m0/s1. The summed E-state index contributed by atoms with van der Waals surface area (Å²) in [5, 5.41) is 0. The summed E-state index contributed by atoms with van der Waals surface area (Å²) < 4.78 is 11.3. The van der Waals surface area contributed by atoms with E-state index in [2.05, 4.69) is 13.8 Å². The van der Waals surface area contributed by atoms with Gasteiger partial charge in [-0.1, -0.05) is 78.1 Å². The van der Waals surface area contributed by atoms with Gasteiger partial charge in [-0.3, -0.25) is 4.79 Å². The molecular weight excluding hydrogens is 414 g/mol. The molecule has 0 N–H and O–H groups in total. The predicted octanol–water partition coefficient (Wildman–Crippen LogP) is 6.93. The number of ether oxygens (including phenoxy) is 2. The molecule has 0 radical (unpaired) electrons. The molecule has 186 valence electrons. The van der Waals surface area contributed by atoms with Crippen LogP contribution in [0.1, 0.15) is 114 Å². The Morgan fingerprint density at radius 1 is 0.818 bits per heavy atom. The molecule has 1 aliphatic rings. The van der Waals surface area contributed by atoms with E-state index in [0.29, 0.717) is 31.7 Å². The average Bonchev–Trinajstić information content (AvgIpc) is 3.33. The molecule has 1 saturated heterocycles. The summed E-state index contributed by atoms with van der Waals surface area (Å²) in [6.07, 6.45) is 16.0. The lowest BCUT2D eigenvalue weighted by atomic mass is 10.1. The van der Waals surface area contributed by atoms with Gasteiger partial charge in [0.15, 0.2) is 0 Å². The summed E-state index contributed by atoms with van der Waals surface area (Å²) in [5.74, 6) is 0.427. The van der Waals surface area contributed by atoms with E-state index in [1.807, 2.05) is 12.1 Å². The first-order valence-electron chi connectivity index (χ1n) is 13.4. The lowest BCUT2D eigenvalue weighted by Crippen LogP contribution is -2.41. The maximum atomic E-state index is 13.0. The molecular formula is C28H45NO4. The van der Waals surface area contributed by atoms with E-state index < -0.39 is 6.04 Å². The number of likely N-dealkylation sites (tertiary alicyclic amines) is 1. The summed E-state index contributed by atoms with van der Waals surface area (Å²) in [4.78, 5) is 27.2. The smallest absolute Gasteiger partial charge is 0.328 e. The van der Waals surface area contributed by atoms with Gasteiger partial charge in [-0.15, -0.1) is 0 Å². The van der Waals surface area contributed by atoms with Crippen LogP contribution in [0.3, 0.4) is 0 Å². The maximum absolute atomic E-state index is 13.0. The molecule has 0 aliphatic carbocycles. The third-order valence-electron chi connectivity index (χ3n) is 6.40. The number of rotatable bonds is 17. The second-order valence-corrected chi connectivity index (χ2v) is 9.23. The van der Waals surface area contributed by atoms with Crippen molar-refractivity contribution in [1.82, 2.24) is 4.90 Å². The molecule has 0 spiro atoms. The first-order chi connectivity index (χ1) is 16.2. The SMILES string of the molecule is CCCCCCCCCCOc1ccc(C(=O)N2CCC[C@H]2C(=O)OCCCCCC)cc1. The molecule has 1 atom stereocenters. The fraction of sp³-hybridized carbons (Fsp3) is 0.714. The highest BCUT2D eigenvalue weighted by atomic mass is 16.5. The number of amides is 1. The van der Waals surface area contributed by atoms with Crippen molar-refractivity contribution in [2.24, 2.45) is 0 Å². The van der Waals surface area contributed by atoms with E-state index in [9.17, 15) is 9.59 Å². The Balaban J connectivity index is 1.70. The fourth-order valence-electron chi connectivity index (χ4n) is 4.34. The molecule has 0 saturated carbocycles. The Hall–Kier alpha value is -2.04. The van der Waals surface area contributed by atoms with Crippen LogP contribution >= 0.6 is 0 Å². The molecule has 1 aromatic carbocycles. The first-order valence-corrected chi connectivity index (χ1v) is 13.4. The molecule has 33 heavy (non-hydrogen) atoms. The largest absolute Gasteiger partial charge is 0.494 e. The van der Waals surface area contributed by atoms with E-state index >= 15 is 0 Å². The monoisotopic (exact) mass is 459 g/mol. The van der Waals surface area contributed by atoms with Crippen molar-refractivity contribution in [2.45, 2.75) is 110 Å². The summed E-state index contributed by atoms with van der Waals surface area (Å²) in [6.45, 7) is 6.16. The molecule has 1 aliphatic heterocycles. The van der Waals surface area contributed by atoms with Crippen molar-refractivity contribution < 1.29 is 19.1 Å². The van der Waals surface area contributed by atoms with Crippen LogP contribution in [-0.2, 0) is 9.53 Å². The number of esters is 1. The Kier molecular flexibility index (Phi) is 13.6. The number of carbonyl (C=O) groups excluding carboxylic acids is 2. The first kappa shape index (κ1) is 27.2. The van der Waals surface area contributed by atoms with Crippen LogP contribution < -0.4 is 4.74 Å². The summed E-state index contributed by atoms with van der Waals surface area (Å²) in [6, 6.07) is 6.86. The van der Waals surface area contributed by atoms with Crippen LogP contribution in [0.2, 0.25) is 0 Å². The van der Waals surface area contributed by atoms with E-state index in [-0.39, 0.29) is 11.9 Å². The van der Waals surface area contributed by atoms with Gasteiger partial charge in [0, 0.05) is 12.1 Å². The zero-order valence-corrected chi connectivity index (χ0v) is 21.0. The highest BCUT2D eigenvalue weighted by Gasteiger charge is 2.35. The molecule has 0 unspecified atom stereocenters. The van der Waals surface area contributed by atoms with Crippen molar-refractivity contribution >= 4 is 11.9 Å². The summed E-state index contributed by atoms with van der Waals surface area (Å²) >= 11 is 0. The van der Waals surface area contributed by atoms with E-state index in [4.69, 9.17) is 9.47 Å². The molecule has 2 rings (SSSR count). The van der Waals surface area contributed by atoms with Crippen molar-refractivity contribution in [1.29, 1.82) is 0 Å². The molecule has 0 bridgehead atoms. The Morgan fingerprint density at radius 2 is 1.39 bits per heavy atom. The fourth-order valence-corrected chi connectivity index (χ4v) is 4.34. The van der Waals surface area contributed by atoms with Gasteiger partial charge in [-0.05, 0) is 49.9 Å². The van der Waals surface area contributed by atoms with Gasteiger partial charge in [0.1, 0.15) is 11.8 Å². The van der Waals surface area contributed by atoms with Crippen molar-refractivity contribution in [3.63, 3.8) is 0 Å². The van der Waals surface area contributed by atoms with Crippen LogP contribution in [0.4, 0.5) is 0 Å². The van der Waals surface area contributed by atoms with Gasteiger partial charge in [0.2, 0.25) is 0 Å². The van der Waals surface area contributed by atoms with Gasteiger partial charge in [-0.25, -0.2) is 4.79 Å². The number of hydrogen-bond donors (Lipinski definition) is 0. The minimum absolute atomic E-state index is 0.102. The average molecular weight is 460 g/mol. The Morgan fingerprint density at radius 3 is 2.06 bits per heavy atom. The topological polar surface area (TPSA) is 55.8 Å². The number of carbonyl (C=O) groups is 2. The molecule has 1 heterocycles. The van der Waals surface area contributed by atoms with Crippen LogP contribution in [0.15, 0.2) is 24.3 Å². The third-order valence-corrected chi connectivity index (χ3v) is 6.40. The molecule has 1 fully saturated rings. The minimum atomic E-state index is -0.457. The maximum Gasteiger partial charge on any atom is 0.328 e. The third kappa shape index (κ3) is 10.2. The zero-order chi connectivity index (χ0) is 23.7. The van der Waals surface area contributed by atoms with E-state index in [1.54, 1.807) is 17.0 Å². The number of hydrogen-bond acceptors (Lipinski definition) is 4. The van der Waals surface area contributed by atoms with Crippen LogP contribution in [-0.4, -0.2) is 42.6 Å².